The molecule has 0 aliphatic carbocycles. The summed E-state index contributed by atoms with van der Waals surface area (Å²) in [6.45, 7) is 13.0. The SMILES string of the molecule is CC(C)Oc1ccc(Nc2nc(=O)c(Cc3ccccc3)cn2Cc2ccc(Cl)cc2)cc1Cl.CCC(C=O)Cc1ccccc1.CCCCc1ccccc1.Cc1nc(=O)c(Cc2ccccc2)cn1Cc1ccc(Cl)cc1.Cc1ncc(Cc2ccccc2)c(=O)[nH]1.O=C=O.O=C=O.O=c1[nH]c(=S)[nH]cc1Cc1ccccc1. The Kier molecular flexibility index (Phi) is 40.8. The first kappa shape index (κ1) is 91.5. The highest BCUT2D eigenvalue weighted by Crippen LogP contribution is 2.30. The summed E-state index contributed by atoms with van der Waals surface area (Å²) in [7, 11) is 0. The van der Waals surface area contributed by atoms with Crippen LogP contribution in [-0.4, -0.2) is 63.7 Å². The number of aryl methyl sites for hydroxylation is 3. The molecular formula is C92H92Cl3N9O10S. The molecule has 0 saturated carbocycles. The van der Waals surface area contributed by atoms with Crippen molar-refractivity contribution in [1.82, 2.24) is 39.0 Å². The Bertz CT molecular complexity index is 5430. The number of nitrogens with one attached hydrogen (secondary N) is 4. The second-order valence-corrected chi connectivity index (χ2v) is 28.0. The molecule has 1 atom stereocenters. The summed E-state index contributed by atoms with van der Waals surface area (Å²) in [5.41, 5.74) is 12.0. The Balaban J connectivity index is 0.000000222. The second kappa shape index (κ2) is 51.3. The van der Waals surface area contributed by atoms with Gasteiger partial charge in [-0.15, -0.1) is 0 Å². The topological polar surface area (TPSA) is 271 Å². The number of anilines is 2. The van der Waals surface area contributed by atoms with Crippen molar-refractivity contribution in [1.29, 1.82) is 0 Å². The minimum Gasteiger partial charge on any atom is -0.489 e. The Morgan fingerprint density at radius 2 is 0.930 bits per heavy atom. The lowest BCUT2D eigenvalue weighted by Gasteiger charge is -2.17. The normalized spacial score (nSPS) is 10.3. The number of nitrogens with zero attached hydrogens (tertiary/aromatic N) is 5. The lowest BCUT2D eigenvalue weighted by Crippen LogP contribution is -2.21. The number of carbonyl (C=O) groups excluding carboxylic acids is 5. The highest BCUT2D eigenvalue weighted by Gasteiger charge is 2.14. The molecule has 592 valence electrons. The predicted octanol–water partition coefficient (Wildman–Crippen LogP) is 18.6. The third-order valence-electron chi connectivity index (χ3n) is 17.0. The van der Waals surface area contributed by atoms with Gasteiger partial charge in [0, 0.05) is 101 Å². The summed E-state index contributed by atoms with van der Waals surface area (Å²) < 4.78 is 10.00. The molecule has 0 spiro atoms. The molecule has 1 unspecified atom stereocenters. The van der Waals surface area contributed by atoms with E-state index in [1.54, 1.807) is 31.5 Å². The van der Waals surface area contributed by atoms with Crippen LogP contribution in [0.15, 0.2) is 293 Å². The van der Waals surface area contributed by atoms with Gasteiger partial charge >= 0.3 is 12.3 Å². The average Bonchev–Trinajstić information content (AvgIpc) is 0.811. The van der Waals surface area contributed by atoms with E-state index in [2.05, 4.69) is 84.6 Å². The highest BCUT2D eigenvalue weighted by molar-refractivity contribution is 7.71. The third-order valence-corrected chi connectivity index (χ3v) is 18.0. The number of carbonyl (C=O) groups is 1. The van der Waals surface area contributed by atoms with E-state index in [0.29, 0.717) is 110 Å². The summed E-state index contributed by atoms with van der Waals surface area (Å²) in [4.78, 5) is 112. The van der Waals surface area contributed by atoms with E-state index in [1.807, 2.05) is 243 Å². The molecule has 4 N–H and O–H groups in total. The molecular weight excluding hydrogens is 1530 g/mol. The first-order chi connectivity index (χ1) is 55.6. The number of H-pyrrole nitrogens is 3. The molecule has 115 heavy (non-hydrogen) atoms. The maximum Gasteiger partial charge on any atom is 0.373 e. The lowest BCUT2D eigenvalue weighted by molar-refractivity contribution is -0.193. The van der Waals surface area contributed by atoms with Gasteiger partial charge in [0.25, 0.3) is 22.2 Å². The maximum absolute atomic E-state index is 12.9. The number of rotatable bonds is 23. The fraction of sp³-hybridized carbons (Fsp3) is 0.207. The van der Waals surface area contributed by atoms with Crippen molar-refractivity contribution >= 4 is 77.2 Å². The van der Waals surface area contributed by atoms with Gasteiger partial charge in [0.15, 0.2) is 4.77 Å². The number of unbranched alkanes of at least 4 members (excludes halogenated alkanes) is 1. The number of aromatic amines is 3. The smallest absolute Gasteiger partial charge is 0.373 e. The molecule has 4 aromatic heterocycles. The average molecular weight is 1620 g/mol. The van der Waals surface area contributed by atoms with Gasteiger partial charge in [0.2, 0.25) is 5.95 Å². The van der Waals surface area contributed by atoms with Crippen molar-refractivity contribution in [2.75, 3.05) is 5.32 Å². The number of ether oxygens (including phenoxy) is 1. The van der Waals surface area contributed by atoms with Gasteiger partial charge in [-0.25, -0.2) is 4.98 Å². The van der Waals surface area contributed by atoms with Gasteiger partial charge in [0.05, 0.1) is 17.7 Å². The molecule has 9 aromatic carbocycles. The summed E-state index contributed by atoms with van der Waals surface area (Å²) in [5.74, 6) is 2.57. The van der Waals surface area contributed by atoms with Gasteiger partial charge < -0.3 is 34.0 Å². The van der Waals surface area contributed by atoms with Crippen molar-refractivity contribution in [3.63, 3.8) is 0 Å². The van der Waals surface area contributed by atoms with Gasteiger partial charge in [-0.05, 0) is 153 Å². The lowest BCUT2D eigenvalue weighted by atomic mass is 9.99. The molecule has 4 heterocycles. The first-order valence-electron chi connectivity index (χ1n) is 37.1. The zero-order valence-corrected chi connectivity index (χ0v) is 67.9. The van der Waals surface area contributed by atoms with Crippen LogP contribution in [0.5, 0.6) is 5.75 Å². The van der Waals surface area contributed by atoms with E-state index >= 15 is 0 Å². The minimum absolute atomic E-state index is 0.0136. The van der Waals surface area contributed by atoms with E-state index in [4.69, 9.17) is 70.9 Å². The van der Waals surface area contributed by atoms with Crippen LogP contribution in [0.2, 0.25) is 15.1 Å². The predicted molar refractivity (Wildman–Crippen MR) is 457 cm³/mol. The molecule has 0 amide bonds. The Hall–Kier alpha value is -12.4. The van der Waals surface area contributed by atoms with Crippen molar-refractivity contribution in [2.45, 2.75) is 119 Å². The summed E-state index contributed by atoms with van der Waals surface area (Å²) in [5, 5.41) is 5.11. The Labute approximate surface area is 689 Å². The standard InChI is InChI=1S/C27H25Cl2N3O2.C19H17ClN2O.C12H12N2O.C11H10N2OS.C11H14O.C10H14.2CO2/c1-18(2)34-25-13-12-23(15-24(25)29)30-27-31-26(33)21(14-19-6-4-3-5-7-19)17-32(27)16-20-8-10-22(28)11-9-20;1-14-21-19(23)17(11-15-5-3-2-4-6-15)13-22(14)12-16-7-9-18(20)10-8-16;1-9-13-8-11(12(15)14-9)7-10-5-3-2-4-6-10;14-10-9(7-12-11(15)13-10)6-8-4-2-1-3-5-8;1-2-10(9-12)8-11-6-4-3-5-7-11;1-2-3-7-10-8-5-4-6-9-10;2*2-1-3/h3-13,15,17-18H,14,16H2,1-2H3,(H,30,31,33);2-10,13H,11-12H2,1H3;2-6,8H,7H2,1H3,(H,13,14,15);1-5,7H,6H2,(H2,12,13,14,15);3-7,9-10H,2,8H2,1H3;4-6,8-9H,2-3,7H2,1H3;;. The van der Waals surface area contributed by atoms with E-state index in [9.17, 15) is 24.0 Å². The van der Waals surface area contributed by atoms with Crippen LogP contribution in [0, 0.1) is 24.5 Å². The molecule has 0 radical (unpaired) electrons. The van der Waals surface area contributed by atoms with Gasteiger partial charge in [-0.2, -0.15) is 29.1 Å². The molecule has 0 fully saturated rings. The molecule has 19 nitrogen and oxygen atoms in total. The number of aromatic nitrogens is 8. The number of hydrogen-bond donors (Lipinski definition) is 4. The van der Waals surface area contributed by atoms with E-state index in [0.717, 1.165) is 52.5 Å². The fourth-order valence-corrected chi connectivity index (χ4v) is 11.7. The molecule has 23 heteroatoms. The summed E-state index contributed by atoms with van der Waals surface area (Å²) in [6, 6.07) is 81.0. The molecule has 13 aromatic rings. The zero-order chi connectivity index (χ0) is 83.1. The minimum atomic E-state index is -0.274. The number of halogens is 3. The molecule has 0 aliphatic rings. The molecule has 0 bridgehead atoms. The zero-order valence-electron chi connectivity index (χ0n) is 64.9. The molecule has 0 saturated heterocycles. The first-order valence-corrected chi connectivity index (χ1v) is 38.6. The fourth-order valence-electron chi connectivity index (χ4n) is 11.1. The van der Waals surface area contributed by atoms with Gasteiger partial charge in [0.1, 0.15) is 23.7 Å². The quantitative estimate of drug-likeness (QED) is 0.0342. The molecule has 13 rings (SSSR count). The second-order valence-electron chi connectivity index (χ2n) is 26.3. The number of benzene rings is 9. The van der Waals surface area contributed by atoms with Crippen LogP contribution in [0.4, 0.5) is 11.6 Å². The third kappa shape index (κ3) is 34.6. The maximum atomic E-state index is 12.9. The van der Waals surface area contributed by atoms with E-state index < -0.39 is 0 Å². The Morgan fingerprint density at radius 3 is 1.36 bits per heavy atom. The van der Waals surface area contributed by atoms with E-state index in [-0.39, 0.29) is 46.6 Å². The largest absolute Gasteiger partial charge is 0.489 e. The highest BCUT2D eigenvalue weighted by atomic mass is 35.5. The summed E-state index contributed by atoms with van der Waals surface area (Å²) >= 11 is 23.2. The van der Waals surface area contributed by atoms with Crippen LogP contribution in [0.1, 0.15) is 125 Å². The van der Waals surface area contributed by atoms with Crippen molar-refractivity contribution in [3.05, 3.63) is 413 Å². The van der Waals surface area contributed by atoms with E-state index in [1.165, 1.54) is 30.4 Å². The van der Waals surface area contributed by atoms with Crippen LogP contribution >= 0.6 is 47.0 Å². The number of hydrogen-bond acceptors (Lipinski definition) is 15. The van der Waals surface area contributed by atoms with Crippen molar-refractivity contribution in [2.24, 2.45) is 5.92 Å². The Morgan fingerprint density at radius 1 is 0.513 bits per heavy atom. The van der Waals surface area contributed by atoms with Crippen LogP contribution < -0.4 is 32.3 Å². The number of aldehydes is 1. The van der Waals surface area contributed by atoms with Gasteiger partial charge in [-0.3, -0.25) is 24.2 Å². The van der Waals surface area contributed by atoms with Crippen LogP contribution in [0.3, 0.4) is 0 Å². The van der Waals surface area contributed by atoms with Crippen LogP contribution in [-0.2, 0) is 75.6 Å². The van der Waals surface area contributed by atoms with Crippen molar-refractivity contribution in [3.8, 4) is 5.75 Å². The van der Waals surface area contributed by atoms with Gasteiger partial charge in [-0.1, -0.05) is 261 Å². The monoisotopic (exact) mass is 1620 g/mol. The summed E-state index contributed by atoms with van der Waals surface area (Å²) in [6.07, 6.45) is 16.6. The molecule has 0 aliphatic heterocycles. The van der Waals surface area contributed by atoms with Crippen LogP contribution in [0.25, 0.3) is 0 Å². The van der Waals surface area contributed by atoms with Crippen molar-refractivity contribution < 1.29 is 28.7 Å².